The van der Waals surface area contributed by atoms with E-state index in [-0.39, 0.29) is 34.9 Å². The second-order valence-electron chi connectivity index (χ2n) is 11.7. The van der Waals surface area contributed by atoms with E-state index < -0.39 is 43.2 Å². The first-order chi connectivity index (χ1) is 18.6. The molecule has 0 bridgehead atoms. The van der Waals surface area contributed by atoms with Crippen LogP contribution in [0.25, 0.3) is 0 Å². The van der Waals surface area contributed by atoms with Gasteiger partial charge in [0, 0.05) is 22.9 Å². The van der Waals surface area contributed by atoms with Gasteiger partial charge in [-0.25, -0.2) is 0 Å². The fraction of sp³-hybridized carbons (Fsp3) is 0.483. The maximum atomic E-state index is 13.4. The van der Waals surface area contributed by atoms with E-state index in [9.17, 15) is 24.5 Å². The van der Waals surface area contributed by atoms with E-state index in [1.165, 1.54) is 29.2 Å². The Kier molecular flexibility index (Phi) is 9.97. The molecule has 216 valence electrons. The van der Waals surface area contributed by atoms with Gasteiger partial charge in [0.15, 0.2) is 13.4 Å². The van der Waals surface area contributed by atoms with Gasteiger partial charge in [-0.15, -0.1) is 0 Å². The minimum Gasteiger partial charge on any atom is -0.459 e. The van der Waals surface area contributed by atoms with Crippen LogP contribution in [0.1, 0.15) is 40.2 Å². The summed E-state index contributed by atoms with van der Waals surface area (Å²) in [6, 6.07) is 14.5. The lowest BCUT2D eigenvalue weighted by Crippen LogP contribution is -2.69. The molecule has 1 aliphatic heterocycles. The number of likely N-dealkylation sites (tertiary alicyclic amines) is 1. The van der Waals surface area contributed by atoms with Crippen molar-refractivity contribution in [3.63, 3.8) is 0 Å². The highest BCUT2D eigenvalue weighted by molar-refractivity contribution is 8.13. The molecule has 3 rings (SSSR count). The third kappa shape index (κ3) is 7.38. The molecule has 4 atom stereocenters. The molecular formula is C29H38N2O7SSi. The number of ether oxygens (including phenoxy) is 1. The van der Waals surface area contributed by atoms with Crippen molar-refractivity contribution >= 4 is 42.8 Å². The number of amides is 1. The number of rotatable bonds is 11. The average Bonchev–Trinajstić information content (AvgIpc) is 2.88. The van der Waals surface area contributed by atoms with Crippen molar-refractivity contribution in [1.29, 1.82) is 0 Å². The fourth-order valence-electron chi connectivity index (χ4n) is 4.45. The number of esters is 1. The second-order valence-corrected chi connectivity index (χ2v) is 17.5. The van der Waals surface area contributed by atoms with Crippen molar-refractivity contribution in [2.45, 2.75) is 76.4 Å². The minimum atomic E-state index is -2.21. The number of hydrogen-bond acceptors (Lipinski definition) is 8. The van der Waals surface area contributed by atoms with Crippen LogP contribution in [0, 0.1) is 22.0 Å². The van der Waals surface area contributed by atoms with E-state index in [1.807, 2.05) is 37.3 Å². The fourth-order valence-corrected chi connectivity index (χ4v) is 6.73. The van der Waals surface area contributed by atoms with E-state index in [0.29, 0.717) is 5.56 Å². The molecule has 0 aromatic heterocycles. The molecule has 0 spiro atoms. The van der Waals surface area contributed by atoms with Crippen LogP contribution in [0.3, 0.4) is 0 Å². The highest BCUT2D eigenvalue weighted by Crippen LogP contribution is 2.43. The topological polar surface area (TPSA) is 116 Å². The van der Waals surface area contributed by atoms with E-state index in [1.54, 1.807) is 6.92 Å². The van der Waals surface area contributed by atoms with Crippen molar-refractivity contribution in [1.82, 2.24) is 4.90 Å². The summed E-state index contributed by atoms with van der Waals surface area (Å²) < 4.78 is 11.9. The molecule has 1 saturated heterocycles. The number of β-lactam (4-membered cyclic amide) rings is 1. The molecule has 1 aliphatic rings. The van der Waals surface area contributed by atoms with Crippen molar-refractivity contribution in [2.24, 2.45) is 11.8 Å². The van der Waals surface area contributed by atoms with Gasteiger partial charge in [0.1, 0.15) is 13.2 Å². The molecule has 1 heterocycles. The van der Waals surface area contributed by atoms with Crippen LogP contribution in [0.4, 0.5) is 5.69 Å². The Morgan fingerprint density at radius 1 is 1.07 bits per heavy atom. The predicted octanol–water partition coefficient (Wildman–Crippen LogP) is 5.83. The Labute approximate surface area is 240 Å². The number of non-ortho nitro benzene ring substituents is 1. The van der Waals surface area contributed by atoms with Crippen LogP contribution in [-0.2, 0) is 30.2 Å². The predicted molar refractivity (Wildman–Crippen MR) is 156 cm³/mol. The quantitative estimate of drug-likeness (QED) is 0.0806. The standard InChI is InChI=1S/C29H38N2O7SSi/c1-19(28(34)39-23-11-9-8-10-12-23)26-25(20(2)38-40(6,7)29(3,4)5)27(33)30(26)17-24(32)37-18-21-13-15-22(16-14-21)31(35)36/h8-16,19-20,25-26H,17-18H2,1-7H3/t19-,20+,25+,26+/m0/s1. The van der Waals surface area contributed by atoms with Gasteiger partial charge in [0.05, 0.1) is 23.0 Å². The van der Waals surface area contributed by atoms with Gasteiger partial charge in [-0.2, -0.15) is 0 Å². The van der Waals surface area contributed by atoms with E-state index in [0.717, 1.165) is 16.7 Å². The third-order valence-electron chi connectivity index (χ3n) is 7.78. The summed E-state index contributed by atoms with van der Waals surface area (Å²) in [5.41, 5.74) is 0.527. The lowest BCUT2D eigenvalue weighted by atomic mass is 9.77. The molecule has 0 N–H and O–H groups in total. The Morgan fingerprint density at radius 2 is 1.68 bits per heavy atom. The molecule has 0 saturated carbocycles. The number of nitrogens with zero attached hydrogens (tertiary/aromatic N) is 2. The van der Waals surface area contributed by atoms with Gasteiger partial charge >= 0.3 is 5.97 Å². The van der Waals surface area contributed by atoms with Gasteiger partial charge < -0.3 is 14.1 Å². The maximum absolute atomic E-state index is 13.4. The zero-order valence-corrected chi connectivity index (χ0v) is 25.9. The first kappa shape index (κ1) is 31.5. The number of benzene rings is 2. The van der Waals surface area contributed by atoms with Crippen LogP contribution in [0.2, 0.25) is 18.1 Å². The van der Waals surface area contributed by atoms with Crippen LogP contribution in [0.5, 0.6) is 0 Å². The number of nitro groups is 1. The minimum absolute atomic E-state index is 0.0591. The number of carbonyl (C=O) groups is 3. The van der Waals surface area contributed by atoms with E-state index >= 15 is 0 Å². The van der Waals surface area contributed by atoms with Crippen molar-refractivity contribution in [2.75, 3.05) is 6.54 Å². The van der Waals surface area contributed by atoms with Crippen LogP contribution < -0.4 is 0 Å². The maximum Gasteiger partial charge on any atom is 0.325 e. The summed E-state index contributed by atoms with van der Waals surface area (Å²) in [5, 5.41) is 10.7. The summed E-state index contributed by atoms with van der Waals surface area (Å²) >= 11 is 1.12. The smallest absolute Gasteiger partial charge is 0.325 e. The highest BCUT2D eigenvalue weighted by atomic mass is 32.2. The van der Waals surface area contributed by atoms with Crippen molar-refractivity contribution in [3.8, 4) is 0 Å². The Bertz CT molecular complexity index is 1230. The van der Waals surface area contributed by atoms with Gasteiger partial charge in [-0.1, -0.05) is 57.7 Å². The monoisotopic (exact) mass is 586 g/mol. The molecule has 0 unspecified atom stereocenters. The zero-order chi connectivity index (χ0) is 29.8. The number of hydrogen-bond donors (Lipinski definition) is 0. The van der Waals surface area contributed by atoms with Gasteiger partial charge in [0.25, 0.3) is 5.69 Å². The molecular weight excluding hydrogens is 548 g/mol. The summed E-state index contributed by atoms with van der Waals surface area (Å²) in [6.45, 7) is 13.9. The number of nitro benzene ring substituents is 1. The summed E-state index contributed by atoms with van der Waals surface area (Å²) in [5.74, 6) is -1.98. The second kappa shape index (κ2) is 12.7. The molecule has 0 aliphatic carbocycles. The lowest BCUT2D eigenvalue weighted by molar-refractivity contribution is -0.384. The van der Waals surface area contributed by atoms with Gasteiger partial charge in [-0.3, -0.25) is 24.5 Å². The van der Waals surface area contributed by atoms with E-state index in [4.69, 9.17) is 9.16 Å². The SMILES string of the molecule is C[C@H](C(=O)Sc1ccccc1)[C@@H]1[C@@H]([C@@H](C)O[Si](C)(C)C(C)(C)C)C(=O)N1CC(=O)OCc1ccc([N+](=O)[O-])cc1. The van der Waals surface area contributed by atoms with Crippen molar-refractivity contribution < 1.29 is 28.5 Å². The van der Waals surface area contributed by atoms with Crippen LogP contribution in [-0.4, -0.2) is 53.8 Å². The Morgan fingerprint density at radius 3 is 2.23 bits per heavy atom. The first-order valence-corrected chi connectivity index (χ1v) is 17.0. The average molecular weight is 587 g/mol. The normalized spacial score (nSPS) is 19.0. The zero-order valence-electron chi connectivity index (χ0n) is 24.1. The van der Waals surface area contributed by atoms with Crippen molar-refractivity contribution in [3.05, 3.63) is 70.3 Å². The van der Waals surface area contributed by atoms with Crippen LogP contribution in [0.15, 0.2) is 59.5 Å². The molecule has 11 heteroatoms. The summed E-state index contributed by atoms with van der Waals surface area (Å²) in [7, 11) is -2.21. The number of thioether (sulfide) groups is 1. The van der Waals surface area contributed by atoms with Gasteiger partial charge in [0.2, 0.25) is 5.91 Å². The largest absolute Gasteiger partial charge is 0.459 e. The van der Waals surface area contributed by atoms with Gasteiger partial charge in [-0.05, 0) is 54.9 Å². The molecule has 1 amide bonds. The first-order valence-electron chi connectivity index (χ1n) is 13.3. The van der Waals surface area contributed by atoms with E-state index in [2.05, 4.69) is 33.9 Å². The Hall–Kier alpha value is -3.02. The van der Waals surface area contributed by atoms with Crippen LogP contribution >= 0.6 is 11.8 Å². The lowest BCUT2D eigenvalue weighted by Gasteiger charge is -2.52. The molecule has 40 heavy (non-hydrogen) atoms. The molecule has 2 aromatic rings. The molecule has 9 nitrogen and oxygen atoms in total. The molecule has 2 aromatic carbocycles. The summed E-state index contributed by atoms with van der Waals surface area (Å²) in [4.78, 5) is 52.1. The third-order valence-corrected chi connectivity index (χ3v) is 13.4. The molecule has 1 fully saturated rings. The number of carbonyl (C=O) groups excluding carboxylic acids is 3. The highest BCUT2D eigenvalue weighted by Gasteiger charge is 2.56. The molecule has 0 radical (unpaired) electrons. The Balaban J connectivity index is 1.74. The summed E-state index contributed by atoms with van der Waals surface area (Å²) in [6.07, 6.45) is -0.428.